The van der Waals surface area contributed by atoms with Crippen LogP contribution in [0, 0.1) is 10.1 Å². The lowest BCUT2D eigenvalue weighted by molar-refractivity contribution is -0.385. The van der Waals surface area contributed by atoms with Crippen LogP contribution < -0.4 is 9.47 Å². The van der Waals surface area contributed by atoms with Gasteiger partial charge >= 0.3 is 5.97 Å². The van der Waals surface area contributed by atoms with Gasteiger partial charge in [-0.15, -0.1) is 0 Å². The van der Waals surface area contributed by atoms with E-state index in [4.69, 9.17) is 14.6 Å². The number of aldehydes is 1. The van der Waals surface area contributed by atoms with E-state index in [1.165, 1.54) is 0 Å². The van der Waals surface area contributed by atoms with Crippen LogP contribution in [-0.2, 0) is 4.79 Å². The standard InChI is InChI=1S/C11H11NO7/c1-2-18-9-4-8(12(16)17)3-7(5-13)11(9)19-6-10(14)15/h3-5H,2,6H2,1H3,(H,14,15). The first-order valence-electron chi connectivity index (χ1n) is 5.24. The van der Waals surface area contributed by atoms with Crippen molar-refractivity contribution in [3.63, 3.8) is 0 Å². The van der Waals surface area contributed by atoms with E-state index in [2.05, 4.69) is 0 Å². The van der Waals surface area contributed by atoms with E-state index in [9.17, 15) is 19.7 Å². The van der Waals surface area contributed by atoms with Crippen LogP contribution in [0.15, 0.2) is 12.1 Å². The van der Waals surface area contributed by atoms with Gasteiger partial charge in [0.05, 0.1) is 23.2 Å². The fourth-order valence-corrected chi connectivity index (χ4v) is 1.35. The van der Waals surface area contributed by atoms with Crippen LogP contribution in [0.25, 0.3) is 0 Å². The Balaban J connectivity index is 3.26. The molecule has 0 unspecified atom stereocenters. The van der Waals surface area contributed by atoms with Crippen LogP contribution in [0.4, 0.5) is 5.69 Å². The van der Waals surface area contributed by atoms with E-state index in [-0.39, 0.29) is 29.4 Å². The molecule has 0 atom stereocenters. The molecule has 0 aliphatic heterocycles. The maximum atomic E-state index is 10.9. The van der Waals surface area contributed by atoms with Crippen LogP contribution >= 0.6 is 0 Å². The number of nitro groups is 1. The van der Waals surface area contributed by atoms with Crippen LogP contribution in [-0.4, -0.2) is 35.5 Å². The number of nitrogens with zero attached hydrogens (tertiary/aromatic N) is 1. The Morgan fingerprint density at radius 3 is 2.63 bits per heavy atom. The normalized spacial score (nSPS) is 9.74. The Labute approximate surface area is 107 Å². The van der Waals surface area contributed by atoms with Gasteiger partial charge in [-0.2, -0.15) is 0 Å². The molecule has 0 aromatic heterocycles. The molecule has 0 aliphatic carbocycles. The lowest BCUT2D eigenvalue weighted by atomic mass is 10.1. The molecule has 0 aliphatic rings. The molecule has 1 aromatic rings. The number of carboxylic acid groups (broad SMARTS) is 1. The summed E-state index contributed by atoms with van der Waals surface area (Å²) in [5.74, 6) is -1.40. The highest BCUT2D eigenvalue weighted by molar-refractivity contribution is 5.83. The van der Waals surface area contributed by atoms with Gasteiger partial charge in [0, 0.05) is 6.07 Å². The molecule has 19 heavy (non-hydrogen) atoms. The average molecular weight is 269 g/mol. The molecule has 0 amide bonds. The molecule has 102 valence electrons. The highest BCUT2D eigenvalue weighted by atomic mass is 16.6. The third-order valence-corrected chi connectivity index (χ3v) is 2.05. The Morgan fingerprint density at radius 1 is 1.47 bits per heavy atom. The third-order valence-electron chi connectivity index (χ3n) is 2.05. The molecule has 1 rings (SSSR count). The summed E-state index contributed by atoms with van der Waals surface area (Å²) in [5.41, 5.74) is -0.480. The fourth-order valence-electron chi connectivity index (χ4n) is 1.35. The number of carbonyl (C=O) groups excluding carboxylic acids is 1. The van der Waals surface area contributed by atoms with Gasteiger partial charge in [-0.1, -0.05) is 0 Å². The molecule has 0 spiro atoms. The summed E-state index contributed by atoms with van der Waals surface area (Å²) in [7, 11) is 0. The van der Waals surface area contributed by atoms with Crippen molar-refractivity contribution in [2.75, 3.05) is 13.2 Å². The number of carbonyl (C=O) groups is 2. The maximum absolute atomic E-state index is 10.9. The predicted molar refractivity (Wildman–Crippen MR) is 62.8 cm³/mol. The summed E-state index contributed by atoms with van der Waals surface area (Å²) in [6.07, 6.45) is 0.340. The number of hydrogen-bond donors (Lipinski definition) is 1. The fraction of sp³-hybridized carbons (Fsp3) is 0.273. The highest BCUT2D eigenvalue weighted by Gasteiger charge is 2.19. The minimum atomic E-state index is -1.24. The second-order valence-corrected chi connectivity index (χ2v) is 3.35. The first kappa shape index (κ1) is 14.4. The Bertz CT molecular complexity index is 512. The van der Waals surface area contributed by atoms with Crippen molar-refractivity contribution in [2.24, 2.45) is 0 Å². The number of non-ortho nitro benzene ring substituents is 1. The summed E-state index contributed by atoms with van der Waals surface area (Å²) in [4.78, 5) is 31.4. The molecule has 8 heteroatoms. The largest absolute Gasteiger partial charge is 0.490 e. The smallest absolute Gasteiger partial charge is 0.341 e. The molecule has 0 heterocycles. The van der Waals surface area contributed by atoms with E-state index in [0.717, 1.165) is 12.1 Å². The van der Waals surface area contributed by atoms with Crippen molar-refractivity contribution < 1.29 is 29.1 Å². The molecule has 0 fully saturated rings. The van der Waals surface area contributed by atoms with E-state index >= 15 is 0 Å². The van der Waals surface area contributed by atoms with Gasteiger partial charge < -0.3 is 14.6 Å². The molecule has 0 bridgehead atoms. The lowest BCUT2D eigenvalue weighted by Gasteiger charge is -2.12. The number of carboxylic acids is 1. The van der Waals surface area contributed by atoms with E-state index in [1.807, 2.05) is 0 Å². The monoisotopic (exact) mass is 269 g/mol. The van der Waals surface area contributed by atoms with Gasteiger partial charge in [0.1, 0.15) is 0 Å². The third kappa shape index (κ3) is 3.66. The average Bonchev–Trinajstić information content (AvgIpc) is 2.36. The topological polar surface area (TPSA) is 116 Å². The van der Waals surface area contributed by atoms with Crippen LogP contribution in [0.5, 0.6) is 11.5 Å². The quantitative estimate of drug-likeness (QED) is 0.450. The predicted octanol–water partition coefficient (Wildman–Crippen LogP) is 1.27. The molecule has 0 saturated carbocycles. The summed E-state index contributed by atoms with van der Waals surface area (Å²) < 4.78 is 10.1. The first-order valence-corrected chi connectivity index (χ1v) is 5.24. The SMILES string of the molecule is CCOc1cc([N+](=O)[O-])cc(C=O)c1OCC(=O)O. The minimum Gasteiger partial charge on any atom is -0.490 e. The highest BCUT2D eigenvalue weighted by Crippen LogP contribution is 2.35. The van der Waals surface area contributed by atoms with Gasteiger partial charge in [0.25, 0.3) is 5.69 Å². The van der Waals surface area contributed by atoms with Crippen molar-refractivity contribution >= 4 is 17.9 Å². The number of aliphatic carboxylic acids is 1. The van der Waals surface area contributed by atoms with Crippen molar-refractivity contribution in [3.05, 3.63) is 27.8 Å². The molecule has 0 saturated heterocycles. The Hall–Kier alpha value is -2.64. The molecule has 0 radical (unpaired) electrons. The first-order chi connectivity index (χ1) is 8.99. The van der Waals surface area contributed by atoms with Gasteiger partial charge in [-0.25, -0.2) is 4.79 Å². The van der Waals surface area contributed by atoms with E-state index < -0.39 is 17.5 Å². The van der Waals surface area contributed by atoms with Crippen LogP contribution in [0.1, 0.15) is 17.3 Å². The van der Waals surface area contributed by atoms with Crippen molar-refractivity contribution in [2.45, 2.75) is 6.92 Å². The summed E-state index contributed by atoms with van der Waals surface area (Å²) >= 11 is 0. The zero-order valence-corrected chi connectivity index (χ0v) is 9.99. The number of ether oxygens (including phenoxy) is 2. The summed E-state index contributed by atoms with van der Waals surface area (Å²) in [6, 6.07) is 2.07. The Morgan fingerprint density at radius 2 is 2.16 bits per heavy atom. The number of rotatable bonds is 7. The summed E-state index contributed by atoms with van der Waals surface area (Å²) in [5, 5.41) is 19.2. The zero-order valence-electron chi connectivity index (χ0n) is 9.99. The van der Waals surface area contributed by atoms with Gasteiger partial charge in [-0.3, -0.25) is 14.9 Å². The lowest BCUT2D eigenvalue weighted by Crippen LogP contribution is -2.12. The van der Waals surface area contributed by atoms with Gasteiger partial charge in [-0.05, 0) is 6.92 Å². The van der Waals surface area contributed by atoms with Crippen molar-refractivity contribution in [3.8, 4) is 11.5 Å². The second-order valence-electron chi connectivity index (χ2n) is 3.35. The Kier molecular flexibility index (Phi) is 4.81. The minimum absolute atomic E-state index is 0.0416. The number of nitro benzene ring substituents is 1. The van der Waals surface area contributed by atoms with Crippen LogP contribution in [0.2, 0.25) is 0 Å². The molecular formula is C11H11NO7. The molecule has 1 aromatic carbocycles. The van der Waals surface area contributed by atoms with Crippen molar-refractivity contribution in [1.29, 1.82) is 0 Å². The zero-order chi connectivity index (χ0) is 14.4. The van der Waals surface area contributed by atoms with Crippen molar-refractivity contribution in [1.82, 2.24) is 0 Å². The molecule has 8 nitrogen and oxygen atoms in total. The van der Waals surface area contributed by atoms with Crippen LogP contribution in [0.3, 0.4) is 0 Å². The van der Waals surface area contributed by atoms with E-state index in [0.29, 0.717) is 6.29 Å². The summed E-state index contributed by atoms with van der Waals surface area (Å²) in [6.45, 7) is 1.14. The second kappa shape index (κ2) is 6.34. The molecular weight excluding hydrogens is 258 g/mol. The maximum Gasteiger partial charge on any atom is 0.341 e. The van der Waals surface area contributed by atoms with Gasteiger partial charge in [0.15, 0.2) is 24.4 Å². The van der Waals surface area contributed by atoms with E-state index in [1.54, 1.807) is 6.92 Å². The number of benzene rings is 1. The molecule has 1 N–H and O–H groups in total. The van der Waals surface area contributed by atoms with Gasteiger partial charge in [0.2, 0.25) is 0 Å². The number of hydrogen-bond acceptors (Lipinski definition) is 6.